The number of hydroxylamine groups is 1. The molecule has 1 amide bonds. The second kappa shape index (κ2) is 11.4. The molecule has 22 heavy (non-hydrogen) atoms. The highest BCUT2D eigenvalue weighted by molar-refractivity contribution is 6.04. The highest BCUT2D eigenvalue weighted by Gasteiger charge is 2.07. The molecule has 0 bridgehead atoms. The van der Waals surface area contributed by atoms with Crippen molar-refractivity contribution < 1.29 is 14.4 Å². The van der Waals surface area contributed by atoms with Gasteiger partial charge < -0.3 is 16.3 Å². The van der Waals surface area contributed by atoms with Gasteiger partial charge in [-0.15, -0.1) is 0 Å². The number of benzene rings is 2. The summed E-state index contributed by atoms with van der Waals surface area (Å²) in [4.78, 5) is 11.8. The van der Waals surface area contributed by atoms with Gasteiger partial charge in [-0.1, -0.05) is 29.8 Å². The van der Waals surface area contributed by atoms with Crippen LogP contribution >= 0.6 is 0 Å². The summed E-state index contributed by atoms with van der Waals surface area (Å²) in [5.74, 6) is -0.747. The summed E-state index contributed by atoms with van der Waals surface area (Å²) in [6, 6.07) is 13.2. The van der Waals surface area contributed by atoms with Gasteiger partial charge in [0.1, 0.15) is 5.82 Å². The molecule has 0 aliphatic rings. The smallest absolute Gasteiger partial charge is 0.255 e. The second-order valence-corrected chi connectivity index (χ2v) is 4.02. The second-order valence-electron chi connectivity index (χ2n) is 4.02. The van der Waals surface area contributed by atoms with Gasteiger partial charge in [-0.2, -0.15) is 0 Å². The molecule has 0 unspecified atom stereocenters. The van der Waals surface area contributed by atoms with Gasteiger partial charge in [0.2, 0.25) is 0 Å². The van der Waals surface area contributed by atoms with Crippen LogP contribution in [-0.4, -0.2) is 25.2 Å². The molecule has 2 aromatic rings. The first kappa shape index (κ1) is 19.7. The van der Waals surface area contributed by atoms with Crippen LogP contribution < -0.4 is 16.5 Å². The third-order valence-corrected chi connectivity index (χ3v) is 2.44. The molecule has 5 N–H and O–H groups in total. The van der Waals surface area contributed by atoms with E-state index in [0.29, 0.717) is 5.56 Å². The zero-order chi connectivity index (χ0) is 17.0. The van der Waals surface area contributed by atoms with Crippen LogP contribution in [0.3, 0.4) is 0 Å². The fourth-order valence-corrected chi connectivity index (χ4v) is 1.46. The van der Waals surface area contributed by atoms with Crippen molar-refractivity contribution in [2.75, 3.05) is 19.4 Å². The van der Waals surface area contributed by atoms with E-state index >= 15 is 0 Å². The Balaban J connectivity index is 0.000000789. The Morgan fingerprint density at radius 2 is 1.59 bits per heavy atom. The quantitative estimate of drug-likeness (QED) is 0.642. The van der Waals surface area contributed by atoms with Gasteiger partial charge in [-0.25, -0.2) is 9.87 Å². The van der Waals surface area contributed by atoms with Gasteiger partial charge in [0.05, 0.1) is 5.69 Å². The third kappa shape index (κ3) is 6.94. The number of nitrogens with one attached hydrogen (secondary N) is 2. The van der Waals surface area contributed by atoms with Crippen LogP contribution in [0.2, 0.25) is 0 Å². The Morgan fingerprint density at radius 3 is 2.09 bits per heavy atom. The van der Waals surface area contributed by atoms with Crippen LogP contribution in [0, 0.1) is 12.7 Å². The van der Waals surface area contributed by atoms with E-state index in [1.807, 2.05) is 19.1 Å². The number of aryl methyl sites for hydroxylation is 1. The molecular weight excluding hydrogens is 285 g/mol. The largest absolute Gasteiger partial charge is 0.333 e. The summed E-state index contributed by atoms with van der Waals surface area (Å²) >= 11 is 0. The first-order valence-corrected chi connectivity index (χ1v) is 6.59. The predicted octanol–water partition coefficient (Wildman–Crippen LogP) is 2.56. The predicted molar refractivity (Wildman–Crippen MR) is 86.5 cm³/mol. The van der Waals surface area contributed by atoms with Gasteiger partial charge in [-0.3, -0.25) is 4.79 Å². The van der Waals surface area contributed by atoms with E-state index in [1.165, 1.54) is 26.2 Å². The average molecular weight is 307 g/mol. The molecular formula is C16H22FN3O2. The Kier molecular flexibility index (Phi) is 10.2. The minimum absolute atomic E-state index is 0.193. The maximum atomic E-state index is 13.3. The number of hydrogen-bond donors (Lipinski definition) is 4. The van der Waals surface area contributed by atoms with Crippen LogP contribution in [0.25, 0.3) is 0 Å². The molecule has 0 radical (unpaired) electrons. The molecule has 2 rings (SSSR count). The van der Waals surface area contributed by atoms with Crippen molar-refractivity contribution in [1.29, 1.82) is 0 Å². The zero-order valence-electron chi connectivity index (χ0n) is 12.9. The highest BCUT2D eigenvalue weighted by Crippen LogP contribution is 2.14. The first-order chi connectivity index (χ1) is 10.6. The van der Waals surface area contributed by atoms with E-state index in [4.69, 9.17) is 5.21 Å². The Morgan fingerprint density at radius 1 is 1.09 bits per heavy atom. The Bertz CT molecular complexity index is 560. The molecule has 0 aromatic heterocycles. The summed E-state index contributed by atoms with van der Waals surface area (Å²) in [5.41, 5.74) is 8.03. The van der Waals surface area contributed by atoms with Crippen LogP contribution in [0.15, 0.2) is 48.5 Å². The van der Waals surface area contributed by atoms with Crippen molar-refractivity contribution in [2.24, 2.45) is 5.73 Å². The summed E-state index contributed by atoms with van der Waals surface area (Å²) in [6.07, 6.45) is 0. The monoisotopic (exact) mass is 307 g/mol. The van der Waals surface area contributed by atoms with Crippen LogP contribution in [0.1, 0.15) is 15.9 Å². The normalized spacial score (nSPS) is 8.82. The lowest BCUT2D eigenvalue weighted by Crippen LogP contribution is -2.12. The van der Waals surface area contributed by atoms with E-state index in [0.717, 1.165) is 5.56 Å². The zero-order valence-corrected chi connectivity index (χ0v) is 12.9. The van der Waals surface area contributed by atoms with Crippen LogP contribution in [-0.2, 0) is 0 Å². The number of halogens is 1. The number of amides is 1. The van der Waals surface area contributed by atoms with Crippen molar-refractivity contribution in [3.05, 3.63) is 65.5 Å². The van der Waals surface area contributed by atoms with E-state index in [2.05, 4.69) is 11.1 Å². The lowest BCUT2D eigenvalue weighted by molar-refractivity contribution is 0.102. The summed E-state index contributed by atoms with van der Waals surface area (Å²) in [5, 5.41) is 9.85. The lowest BCUT2D eigenvalue weighted by Gasteiger charge is -2.06. The van der Waals surface area contributed by atoms with Crippen molar-refractivity contribution in [3.8, 4) is 0 Å². The van der Waals surface area contributed by atoms with Crippen molar-refractivity contribution in [1.82, 2.24) is 5.48 Å². The number of nitrogens with two attached hydrogens (primary N) is 1. The van der Waals surface area contributed by atoms with E-state index < -0.39 is 5.82 Å². The molecule has 0 spiro atoms. The molecule has 0 heterocycles. The van der Waals surface area contributed by atoms with E-state index in [-0.39, 0.29) is 11.6 Å². The molecule has 120 valence electrons. The SMILES string of the molecule is CN.CNO.Cc1ccc(C(=O)Nc2ccccc2F)cc1. The minimum Gasteiger partial charge on any atom is -0.333 e. The lowest BCUT2D eigenvalue weighted by atomic mass is 10.1. The van der Waals surface area contributed by atoms with Gasteiger partial charge in [0.25, 0.3) is 5.91 Å². The molecule has 6 heteroatoms. The molecule has 0 fully saturated rings. The average Bonchev–Trinajstić information content (AvgIpc) is 2.53. The molecule has 0 aliphatic carbocycles. The van der Waals surface area contributed by atoms with E-state index in [9.17, 15) is 9.18 Å². The first-order valence-electron chi connectivity index (χ1n) is 6.59. The van der Waals surface area contributed by atoms with Crippen molar-refractivity contribution >= 4 is 11.6 Å². The van der Waals surface area contributed by atoms with E-state index in [1.54, 1.807) is 29.7 Å². The number of carbonyl (C=O) groups excluding carboxylic acids is 1. The maximum Gasteiger partial charge on any atom is 0.255 e. The Labute approximate surface area is 129 Å². The van der Waals surface area contributed by atoms with Crippen molar-refractivity contribution in [3.63, 3.8) is 0 Å². The molecule has 0 saturated carbocycles. The molecule has 0 aliphatic heterocycles. The van der Waals surface area contributed by atoms with Gasteiger partial charge in [0, 0.05) is 12.6 Å². The number of para-hydroxylation sites is 1. The number of hydrogen-bond acceptors (Lipinski definition) is 4. The summed E-state index contributed by atoms with van der Waals surface area (Å²) < 4.78 is 13.3. The standard InChI is InChI=1S/C14H12FNO.CH5NO.CH5N/c1-10-6-8-11(9-7-10)14(17)16-13-5-3-2-4-12(13)15;1-2-3;1-2/h2-9H,1H3,(H,16,17);2-3H,1H3;2H2,1H3. The number of anilines is 1. The Hall–Kier alpha value is -2.28. The number of rotatable bonds is 2. The van der Waals surface area contributed by atoms with Crippen LogP contribution in [0.5, 0.6) is 0 Å². The highest BCUT2D eigenvalue weighted by atomic mass is 19.1. The van der Waals surface area contributed by atoms with Gasteiger partial charge in [-0.05, 0) is 38.2 Å². The fraction of sp³-hybridized carbons (Fsp3) is 0.188. The minimum atomic E-state index is -0.437. The van der Waals surface area contributed by atoms with Gasteiger partial charge >= 0.3 is 0 Å². The molecule has 5 nitrogen and oxygen atoms in total. The molecule has 0 saturated heterocycles. The summed E-state index contributed by atoms with van der Waals surface area (Å²) in [6.45, 7) is 1.94. The molecule has 2 aromatic carbocycles. The third-order valence-electron chi connectivity index (χ3n) is 2.44. The molecule has 0 atom stereocenters. The topological polar surface area (TPSA) is 87.4 Å². The summed E-state index contributed by atoms with van der Waals surface area (Å²) in [7, 11) is 2.93. The maximum absolute atomic E-state index is 13.3. The van der Waals surface area contributed by atoms with Crippen LogP contribution in [0.4, 0.5) is 10.1 Å². The van der Waals surface area contributed by atoms with Gasteiger partial charge in [0.15, 0.2) is 0 Å². The van der Waals surface area contributed by atoms with Crippen molar-refractivity contribution in [2.45, 2.75) is 6.92 Å². The number of carbonyl (C=O) groups is 1. The fourth-order valence-electron chi connectivity index (χ4n) is 1.46.